The van der Waals surface area contributed by atoms with Gasteiger partial charge in [0.05, 0.1) is 6.42 Å². The van der Waals surface area contributed by atoms with Crippen molar-refractivity contribution in [2.45, 2.75) is 95.7 Å². The third kappa shape index (κ3) is 2.86. The summed E-state index contributed by atoms with van der Waals surface area (Å²) in [5.74, 6) is 2.05. The van der Waals surface area contributed by atoms with Crippen molar-refractivity contribution >= 4 is 5.97 Å². The summed E-state index contributed by atoms with van der Waals surface area (Å²) >= 11 is 0. The monoisotopic (exact) mass is 412 g/mol. The highest BCUT2D eigenvalue weighted by Gasteiger charge is 2.71. The molecule has 0 radical (unpaired) electrons. The highest BCUT2D eigenvalue weighted by molar-refractivity contribution is 5.74. The summed E-state index contributed by atoms with van der Waals surface area (Å²) in [5.41, 5.74) is 1.47. The van der Waals surface area contributed by atoms with Gasteiger partial charge in [-0.05, 0) is 79.0 Å². The van der Waals surface area contributed by atoms with Crippen molar-refractivity contribution in [2.75, 3.05) is 0 Å². The van der Waals surface area contributed by atoms with Crippen molar-refractivity contribution in [1.82, 2.24) is 0 Å². The van der Waals surface area contributed by atoms with Gasteiger partial charge in [-0.15, -0.1) is 0 Å². The molecule has 4 nitrogen and oxygen atoms in total. The Hall–Kier alpha value is -1.55. The van der Waals surface area contributed by atoms with E-state index in [4.69, 9.17) is 4.74 Å². The standard InChI is InChI=1S/C26H36O4/c1-3-4-5-6-7-17-14-25(2)21(13-22-26(25,29)15-23(28)30-22)20-10-8-16-12-18(27)9-11-19(16)24(17)20/h9,11-12,17,20-22,24,27,29H,3-8,10,13-15H2,1-2H3/t17-,20?,21?,22+,24?,25-,26-/m0/s1. The quantitative estimate of drug-likeness (QED) is 0.521. The number of rotatable bonds is 5. The molecule has 3 fully saturated rings. The first kappa shape index (κ1) is 20.4. The van der Waals surface area contributed by atoms with Crippen LogP contribution in [0.25, 0.3) is 0 Å². The molecule has 0 amide bonds. The Kier molecular flexibility index (Phi) is 4.92. The number of benzene rings is 1. The average Bonchev–Trinajstić information content (AvgIpc) is 3.11. The lowest BCUT2D eigenvalue weighted by Crippen LogP contribution is -2.54. The molecule has 1 saturated heterocycles. The van der Waals surface area contributed by atoms with E-state index in [0.717, 1.165) is 25.7 Å². The molecule has 4 aliphatic rings. The van der Waals surface area contributed by atoms with E-state index < -0.39 is 5.60 Å². The smallest absolute Gasteiger partial charge is 0.309 e. The maximum Gasteiger partial charge on any atom is 0.309 e. The Morgan fingerprint density at radius 3 is 2.87 bits per heavy atom. The third-order valence-corrected chi connectivity index (χ3v) is 9.33. The molecule has 2 N–H and O–H groups in total. The van der Waals surface area contributed by atoms with E-state index in [1.165, 1.54) is 43.2 Å². The number of carbonyl (C=O) groups excluding carboxylic acids is 1. The fraction of sp³-hybridized carbons (Fsp3) is 0.731. The van der Waals surface area contributed by atoms with Crippen LogP contribution in [-0.2, 0) is 16.0 Å². The lowest BCUT2D eigenvalue weighted by molar-refractivity contribution is -0.142. The van der Waals surface area contributed by atoms with Gasteiger partial charge >= 0.3 is 5.97 Å². The van der Waals surface area contributed by atoms with Crippen LogP contribution in [0.1, 0.15) is 88.7 Å². The van der Waals surface area contributed by atoms with Crippen LogP contribution in [0.2, 0.25) is 0 Å². The minimum Gasteiger partial charge on any atom is -0.508 e. The minimum absolute atomic E-state index is 0.162. The van der Waals surface area contributed by atoms with Gasteiger partial charge in [0.2, 0.25) is 0 Å². The molecule has 0 aromatic heterocycles. The van der Waals surface area contributed by atoms with Crippen LogP contribution in [0.3, 0.4) is 0 Å². The summed E-state index contributed by atoms with van der Waals surface area (Å²) in [6.45, 7) is 4.50. The number of phenolic OH excluding ortho intramolecular Hbond substituents is 1. The molecule has 1 heterocycles. The molecule has 3 aliphatic carbocycles. The van der Waals surface area contributed by atoms with Gasteiger partial charge in [0, 0.05) is 5.41 Å². The van der Waals surface area contributed by atoms with Crippen LogP contribution in [-0.4, -0.2) is 27.9 Å². The Morgan fingerprint density at radius 2 is 2.07 bits per heavy atom. The number of esters is 1. The van der Waals surface area contributed by atoms with Gasteiger partial charge in [0.15, 0.2) is 0 Å². The molecule has 0 spiro atoms. The molecule has 3 unspecified atom stereocenters. The van der Waals surface area contributed by atoms with Crippen molar-refractivity contribution in [1.29, 1.82) is 0 Å². The average molecular weight is 413 g/mol. The normalized spacial score (nSPS) is 41.6. The molecule has 7 atom stereocenters. The van der Waals surface area contributed by atoms with E-state index in [0.29, 0.717) is 29.4 Å². The van der Waals surface area contributed by atoms with Gasteiger partial charge in [-0.1, -0.05) is 45.6 Å². The zero-order valence-electron chi connectivity index (χ0n) is 18.4. The van der Waals surface area contributed by atoms with E-state index >= 15 is 0 Å². The highest BCUT2D eigenvalue weighted by Crippen LogP contribution is 2.68. The number of aliphatic hydroxyl groups is 1. The lowest BCUT2D eigenvalue weighted by Gasteiger charge is -2.56. The Balaban J connectivity index is 1.51. The van der Waals surface area contributed by atoms with E-state index in [-0.39, 0.29) is 23.9 Å². The van der Waals surface area contributed by atoms with Crippen molar-refractivity contribution in [2.24, 2.45) is 23.2 Å². The first-order chi connectivity index (χ1) is 14.4. The molecule has 1 aromatic carbocycles. The topological polar surface area (TPSA) is 66.8 Å². The molecule has 0 bridgehead atoms. The van der Waals surface area contributed by atoms with Crippen LogP contribution in [0, 0.1) is 23.2 Å². The van der Waals surface area contributed by atoms with Gasteiger partial charge in [-0.3, -0.25) is 4.79 Å². The maximum atomic E-state index is 12.1. The number of hydrogen-bond acceptors (Lipinski definition) is 4. The van der Waals surface area contributed by atoms with E-state index in [1.807, 2.05) is 12.1 Å². The predicted molar refractivity (Wildman–Crippen MR) is 115 cm³/mol. The maximum absolute atomic E-state index is 12.1. The van der Waals surface area contributed by atoms with Gasteiger partial charge < -0.3 is 14.9 Å². The van der Waals surface area contributed by atoms with Crippen LogP contribution in [0.5, 0.6) is 5.75 Å². The summed E-state index contributed by atoms with van der Waals surface area (Å²) in [6.07, 6.45) is 9.88. The van der Waals surface area contributed by atoms with E-state index in [2.05, 4.69) is 19.9 Å². The molecule has 1 aliphatic heterocycles. The summed E-state index contributed by atoms with van der Waals surface area (Å²) in [6, 6.07) is 5.97. The zero-order chi connectivity index (χ0) is 21.1. The van der Waals surface area contributed by atoms with Crippen LogP contribution < -0.4 is 0 Å². The van der Waals surface area contributed by atoms with Crippen molar-refractivity contribution in [3.05, 3.63) is 29.3 Å². The van der Waals surface area contributed by atoms with Crippen LogP contribution in [0.15, 0.2) is 18.2 Å². The number of phenols is 1. The lowest BCUT2D eigenvalue weighted by atomic mass is 9.49. The van der Waals surface area contributed by atoms with E-state index in [9.17, 15) is 15.0 Å². The fourth-order valence-electron chi connectivity index (χ4n) is 7.94. The predicted octanol–water partition coefficient (Wildman–Crippen LogP) is 5.10. The number of aromatic hydroxyl groups is 1. The molecule has 2 saturated carbocycles. The van der Waals surface area contributed by atoms with Gasteiger partial charge in [0.25, 0.3) is 0 Å². The summed E-state index contributed by atoms with van der Waals surface area (Å²) in [7, 11) is 0. The molecule has 1 aromatic rings. The summed E-state index contributed by atoms with van der Waals surface area (Å²) in [5, 5.41) is 21.8. The van der Waals surface area contributed by atoms with Crippen molar-refractivity contribution in [3.8, 4) is 5.75 Å². The number of fused-ring (bicyclic) bond motifs is 7. The summed E-state index contributed by atoms with van der Waals surface area (Å²) in [4.78, 5) is 12.1. The molecular formula is C26H36O4. The zero-order valence-corrected chi connectivity index (χ0v) is 18.4. The summed E-state index contributed by atoms with van der Waals surface area (Å²) < 4.78 is 5.64. The molecule has 30 heavy (non-hydrogen) atoms. The molecular weight excluding hydrogens is 376 g/mol. The number of aryl methyl sites for hydroxylation is 1. The van der Waals surface area contributed by atoms with E-state index in [1.54, 1.807) is 0 Å². The molecule has 5 rings (SSSR count). The number of carbonyl (C=O) groups is 1. The second-order valence-electron chi connectivity index (χ2n) is 10.8. The first-order valence-corrected chi connectivity index (χ1v) is 12.1. The fourth-order valence-corrected chi connectivity index (χ4v) is 7.94. The minimum atomic E-state index is -1.00. The number of hydrogen-bond donors (Lipinski definition) is 2. The largest absolute Gasteiger partial charge is 0.508 e. The number of unbranched alkanes of at least 4 members (excludes halogenated alkanes) is 3. The second-order valence-corrected chi connectivity index (χ2v) is 10.8. The van der Waals surface area contributed by atoms with Crippen LogP contribution in [0.4, 0.5) is 0 Å². The Labute approximate surface area is 180 Å². The van der Waals surface area contributed by atoms with Gasteiger partial charge in [0.1, 0.15) is 17.5 Å². The second kappa shape index (κ2) is 7.25. The molecule has 4 heteroatoms. The Bertz CT molecular complexity index is 834. The Morgan fingerprint density at radius 1 is 1.23 bits per heavy atom. The molecule has 164 valence electrons. The van der Waals surface area contributed by atoms with Crippen LogP contribution >= 0.6 is 0 Å². The van der Waals surface area contributed by atoms with Crippen molar-refractivity contribution in [3.63, 3.8) is 0 Å². The van der Waals surface area contributed by atoms with Gasteiger partial charge in [-0.2, -0.15) is 0 Å². The van der Waals surface area contributed by atoms with Gasteiger partial charge in [-0.25, -0.2) is 0 Å². The van der Waals surface area contributed by atoms with Crippen molar-refractivity contribution < 1.29 is 19.7 Å². The highest BCUT2D eigenvalue weighted by atomic mass is 16.6. The SMILES string of the molecule is CCCCCC[C@H]1C[C@@]2(C)C(C[C@H]3OC(=O)C[C@]32O)C2CCc3cc(O)ccc3C21. The third-order valence-electron chi connectivity index (χ3n) is 9.33. The number of ether oxygens (including phenoxy) is 1. The first-order valence-electron chi connectivity index (χ1n) is 12.1.